The summed E-state index contributed by atoms with van der Waals surface area (Å²) in [7, 11) is -3.70. The number of anilines is 1. The van der Waals surface area contributed by atoms with Gasteiger partial charge in [0.05, 0.1) is 24.1 Å². The van der Waals surface area contributed by atoms with Gasteiger partial charge in [-0.25, -0.2) is 23.1 Å². The summed E-state index contributed by atoms with van der Waals surface area (Å²) in [5, 5.41) is 12.3. The summed E-state index contributed by atoms with van der Waals surface area (Å²) in [6, 6.07) is 3.06. The van der Waals surface area contributed by atoms with E-state index in [0.717, 1.165) is 0 Å². The Bertz CT molecular complexity index is 681. The first-order chi connectivity index (χ1) is 9.46. The number of pyridine rings is 1. The summed E-state index contributed by atoms with van der Waals surface area (Å²) in [6.45, 7) is 0. The number of carboxylic acids is 1. The van der Waals surface area contributed by atoms with Crippen LogP contribution in [0.4, 0.5) is 5.69 Å². The summed E-state index contributed by atoms with van der Waals surface area (Å²) in [5.41, 5.74) is 0.249. The zero-order valence-corrected chi connectivity index (χ0v) is 11.0. The van der Waals surface area contributed by atoms with Gasteiger partial charge >= 0.3 is 5.97 Å². The van der Waals surface area contributed by atoms with Crippen LogP contribution in [0.25, 0.3) is 5.82 Å². The SMILES string of the molecule is O=C(O)CCS(=O)(=O)Nc1ccc(-n2cncn2)nc1. The highest BCUT2D eigenvalue weighted by atomic mass is 32.2. The van der Waals surface area contributed by atoms with E-state index in [-0.39, 0.29) is 5.69 Å². The van der Waals surface area contributed by atoms with Gasteiger partial charge in [0.15, 0.2) is 5.82 Å². The number of nitrogens with zero attached hydrogens (tertiary/aromatic N) is 4. The van der Waals surface area contributed by atoms with Crippen LogP contribution in [0.2, 0.25) is 0 Å². The molecule has 0 saturated carbocycles. The lowest BCUT2D eigenvalue weighted by Crippen LogP contribution is -2.19. The lowest BCUT2D eigenvalue weighted by molar-refractivity contribution is -0.136. The molecule has 2 aromatic rings. The van der Waals surface area contributed by atoms with Crippen LogP contribution in [0.1, 0.15) is 6.42 Å². The molecule has 0 bridgehead atoms. The molecule has 0 spiro atoms. The molecule has 10 heteroatoms. The Morgan fingerprint density at radius 3 is 2.75 bits per heavy atom. The van der Waals surface area contributed by atoms with Gasteiger partial charge in [-0.2, -0.15) is 5.10 Å². The van der Waals surface area contributed by atoms with Crippen molar-refractivity contribution in [1.82, 2.24) is 19.7 Å². The summed E-state index contributed by atoms with van der Waals surface area (Å²) < 4.78 is 26.8. The fraction of sp³-hybridized carbons (Fsp3) is 0.200. The second kappa shape index (κ2) is 5.65. The van der Waals surface area contributed by atoms with E-state index >= 15 is 0 Å². The number of rotatable bonds is 6. The second-order valence-electron chi connectivity index (χ2n) is 3.81. The van der Waals surface area contributed by atoms with Crippen LogP contribution >= 0.6 is 0 Å². The van der Waals surface area contributed by atoms with E-state index in [0.29, 0.717) is 5.82 Å². The number of carbonyl (C=O) groups is 1. The Kier molecular flexibility index (Phi) is 3.94. The number of aliphatic carboxylic acids is 1. The van der Waals surface area contributed by atoms with Gasteiger partial charge < -0.3 is 5.11 Å². The second-order valence-corrected chi connectivity index (χ2v) is 5.65. The number of aromatic nitrogens is 4. The third kappa shape index (κ3) is 3.75. The standard InChI is InChI=1S/C10H11N5O4S/c16-10(17)3-4-20(18,19)14-8-1-2-9(12-5-8)15-7-11-6-13-15/h1-2,5-7,14H,3-4H2,(H,16,17). The Labute approximate surface area is 114 Å². The van der Waals surface area contributed by atoms with Crippen molar-refractivity contribution in [2.45, 2.75) is 6.42 Å². The molecule has 0 saturated heterocycles. The molecule has 20 heavy (non-hydrogen) atoms. The summed E-state index contributed by atoms with van der Waals surface area (Å²) in [6.07, 6.45) is 3.67. The van der Waals surface area contributed by atoms with Crippen molar-refractivity contribution in [1.29, 1.82) is 0 Å². The van der Waals surface area contributed by atoms with Gasteiger partial charge in [-0.1, -0.05) is 0 Å². The van der Waals surface area contributed by atoms with Gasteiger partial charge in [-0.15, -0.1) is 0 Å². The van der Waals surface area contributed by atoms with Crippen LogP contribution in [-0.2, 0) is 14.8 Å². The Hall–Kier alpha value is -2.49. The van der Waals surface area contributed by atoms with E-state index < -0.39 is 28.2 Å². The monoisotopic (exact) mass is 297 g/mol. The van der Waals surface area contributed by atoms with Crippen molar-refractivity contribution in [3.63, 3.8) is 0 Å². The molecule has 0 aliphatic carbocycles. The van der Waals surface area contributed by atoms with Gasteiger partial charge in [-0.05, 0) is 12.1 Å². The zero-order valence-electron chi connectivity index (χ0n) is 10.2. The van der Waals surface area contributed by atoms with Gasteiger partial charge in [-0.3, -0.25) is 9.52 Å². The van der Waals surface area contributed by atoms with Crippen LogP contribution in [0.5, 0.6) is 0 Å². The molecule has 0 aliphatic heterocycles. The van der Waals surface area contributed by atoms with E-state index in [1.807, 2.05) is 0 Å². The van der Waals surface area contributed by atoms with Gasteiger partial charge in [0.2, 0.25) is 10.0 Å². The third-order valence-corrected chi connectivity index (χ3v) is 3.55. The van der Waals surface area contributed by atoms with Crippen molar-refractivity contribution in [2.75, 3.05) is 10.5 Å². The fourth-order valence-corrected chi connectivity index (χ4v) is 2.39. The molecule has 2 heterocycles. The van der Waals surface area contributed by atoms with Crippen molar-refractivity contribution >= 4 is 21.7 Å². The average molecular weight is 297 g/mol. The third-order valence-electron chi connectivity index (χ3n) is 2.26. The summed E-state index contributed by atoms with van der Waals surface area (Å²) >= 11 is 0. The zero-order chi connectivity index (χ0) is 14.6. The van der Waals surface area contributed by atoms with E-state index in [1.54, 1.807) is 6.07 Å². The van der Waals surface area contributed by atoms with Crippen molar-refractivity contribution in [3.05, 3.63) is 31.0 Å². The van der Waals surface area contributed by atoms with Crippen LogP contribution in [0, 0.1) is 0 Å². The maximum Gasteiger partial charge on any atom is 0.304 e. The lowest BCUT2D eigenvalue weighted by atomic mass is 10.4. The fourth-order valence-electron chi connectivity index (χ4n) is 1.36. The van der Waals surface area contributed by atoms with Crippen molar-refractivity contribution in [2.24, 2.45) is 0 Å². The van der Waals surface area contributed by atoms with Gasteiger partial charge in [0.25, 0.3) is 0 Å². The van der Waals surface area contributed by atoms with Crippen LogP contribution in [-0.4, -0.2) is 45.0 Å². The molecule has 0 aliphatic rings. The maximum atomic E-state index is 11.6. The number of nitrogens with one attached hydrogen (secondary N) is 1. The first-order valence-electron chi connectivity index (χ1n) is 5.49. The largest absolute Gasteiger partial charge is 0.481 e. The smallest absolute Gasteiger partial charge is 0.304 e. The molecule has 2 rings (SSSR count). The number of hydrogen-bond donors (Lipinski definition) is 2. The van der Waals surface area contributed by atoms with Gasteiger partial charge in [0.1, 0.15) is 12.7 Å². The van der Waals surface area contributed by atoms with E-state index in [9.17, 15) is 13.2 Å². The average Bonchev–Trinajstić information content (AvgIpc) is 2.91. The molecule has 9 nitrogen and oxygen atoms in total. The minimum atomic E-state index is -3.70. The predicted octanol–water partition coefficient (Wildman–Crippen LogP) is -0.121. The predicted molar refractivity (Wildman–Crippen MR) is 68.8 cm³/mol. The molecule has 0 amide bonds. The minimum absolute atomic E-state index is 0.249. The molecular formula is C10H11N5O4S. The molecule has 0 unspecified atom stereocenters. The number of hydrogen-bond acceptors (Lipinski definition) is 6. The Morgan fingerprint density at radius 2 is 2.20 bits per heavy atom. The summed E-state index contributed by atoms with van der Waals surface area (Å²) in [4.78, 5) is 18.1. The lowest BCUT2D eigenvalue weighted by Gasteiger charge is -2.07. The van der Waals surface area contributed by atoms with Crippen molar-refractivity contribution in [3.8, 4) is 5.82 Å². The normalized spacial score (nSPS) is 11.2. The topological polar surface area (TPSA) is 127 Å². The molecule has 0 fully saturated rings. The van der Waals surface area contributed by atoms with Gasteiger partial charge in [0, 0.05) is 0 Å². The highest BCUT2D eigenvalue weighted by Gasteiger charge is 2.13. The molecule has 2 N–H and O–H groups in total. The molecule has 2 aromatic heterocycles. The van der Waals surface area contributed by atoms with Crippen molar-refractivity contribution < 1.29 is 18.3 Å². The van der Waals surface area contributed by atoms with E-state index in [1.165, 1.54) is 29.6 Å². The Balaban J connectivity index is 2.05. The van der Waals surface area contributed by atoms with Crippen LogP contribution < -0.4 is 4.72 Å². The van der Waals surface area contributed by atoms with E-state index in [4.69, 9.17) is 5.11 Å². The molecule has 106 valence electrons. The number of sulfonamides is 1. The highest BCUT2D eigenvalue weighted by Crippen LogP contribution is 2.11. The number of carboxylic acid groups (broad SMARTS) is 1. The first-order valence-corrected chi connectivity index (χ1v) is 7.15. The van der Waals surface area contributed by atoms with Crippen LogP contribution in [0.3, 0.4) is 0 Å². The molecule has 0 aromatic carbocycles. The summed E-state index contributed by atoms with van der Waals surface area (Å²) in [5.74, 6) is -1.18. The molecule has 0 radical (unpaired) electrons. The molecular weight excluding hydrogens is 286 g/mol. The van der Waals surface area contributed by atoms with E-state index in [2.05, 4.69) is 19.8 Å². The van der Waals surface area contributed by atoms with Crippen LogP contribution in [0.15, 0.2) is 31.0 Å². The molecule has 0 atom stereocenters. The maximum absolute atomic E-state index is 11.6. The first kappa shape index (κ1) is 13.9. The highest BCUT2D eigenvalue weighted by molar-refractivity contribution is 7.92. The quantitative estimate of drug-likeness (QED) is 0.760. The minimum Gasteiger partial charge on any atom is -0.481 e. The Morgan fingerprint density at radius 1 is 1.40 bits per heavy atom.